The average Bonchev–Trinajstić information content (AvgIpc) is 3.17. The van der Waals surface area contributed by atoms with Crippen LogP contribution < -0.4 is 5.46 Å². The standard InChI is InChI=1S/C18H18BCl2N3O3S2/c1-8(2)28-17-15(11-5-6-12(20)13(21)7-11)22-18(29-17)24-16(10(4)25)14(19(26)27)9(3)23-24/h5-8,26-27H,1-4H3. The number of hydrogen-bond acceptors (Lipinski definition) is 7. The summed E-state index contributed by atoms with van der Waals surface area (Å²) < 4.78 is 2.31. The molecule has 1 aromatic carbocycles. The molecule has 3 aromatic rings. The average molecular weight is 470 g/mol. The highest BCUT2D eigenvalue weighted by Crippen LogP contribution is 2.41. The molecule has 11 heteroatoms. The highest BCUT2D eigenvalue weighted by atomic mass is 35.5. The second-order valence-electron chi connectivity index (χ2n) is 6.62. The highest BCUT2D eigenvalue weighted by molar-refractivity contribution is 8.01. The molecule has 0 bridgehead atoms. The minimum atomic E-state index is -1.80. The Kier molecular flexibility index (Phi) is 6.77. The number of halogens is 2. The summed E-state index contributed by atoms with van der Waals surface area (Å²) in [7, 11) is -1.80. The van der Waals surface area contributed by atoms with Crippen LogP contribution in [0.5, 0.6) is 0 Å². The van der Waals surface area contributed by atoms with Crippen LogP contribution in [-0.4, -0.2) is 43.0 Å². The van der Waals surface area contributed by atoms with Crippen LogP contribution >= 0.6 is 46.3 Å². The van der Waals surface area contributed by atoms with E-state index in [1.165, 1.54) is 22.9 Å². The molecule has 3 rings (SSSR count). The van der Waals surface area contributed by atoms with Gasteiger partial charge in [0.05, 0.1) is 25.6 Å². The zero-order valence-electron chi connectivity index (χ0n) is 16.1. The molecule has 2 N–H and O–H groups in total. The first-order valence-electron chi connectivity index (χ1n) is 8.70. The first-order chi connectivity index (χ1) is 13.6. The summed E-state index contributed by atoms with van der Waals surface area (Å²) in [5, 5.41) is 25.4. The predicted octanol–water partition coefficient (Wildman–Crippen LogP) is 3.99. The lowest BCUT2D eigenvalue weighted by Crippen LogP contribution is -2.35. The number of aromatic nitrogens is 3. The van der Waals surface area contributed by atoms with E-state index in [0.717, 1.165) is 9.77 Å². The van der Waals surface area contributed by atoms with Crippen LogP contribution in [-0.2, 0) is 0 Å². The van der Waals surface area contributed by atoms with Crippen LogP contribution in [0.2, 0.25) is 10.0 Å². The molecule has 0 radical (unpaired) electrons. The molecule has 29 heavy (non-hydrogen) atoms. The highest BCUT2D eigenvalue weighted by Gasteiger charge is 2.29. The quantitative estimate of drug-likeness (QED) is 0.322. The Hall–Kier alpha value is -1.36. The third kappa shape index (κ3) is 4.55. The van der Waals surface area contributed by atoms with Gasteiger partial charge in [0, 0.05) is 23.2 Å². The van der Waals surface area contributed by atoms with Gasteiger partial charge in [-0.15, -0.1) is 11.8 Å². The number of nitrogens with zero attached hydrogens (tertiary/aromatic N) is 3. The lowest BCUT2D eigenvalue weighted by Gasteiger charge is -2.05. The summed E-state index contributed by atoms with van der Waals surface area (Å²) in [6, 6.07) is 5.29. The van der Waals surface area contributed by atoms with E-state index < -0.39 is 7.12 Å². The fraction of sp³-hybridized carbons (Fsp3) is 0.278. The Morgan fingerprint density at radius 2 is 1.97 bits per heavy atom. The molecule has 0 spiro atoms. The third-order valence-electron chi connectivity index (χ3n) is 4.00. The second-order valence-corrected chi connectivity index (χ2v) is 10.3. The maximum Gasteiger partial charge on any atom is 0.492 e. The van der Waals surface area contributed by atoms with Crippen molar-refractivity contribution < 1.29 is 14.8 Å². The number of ketones is 1. The van der Waals surface area contributed by atoms with Gasteiger partial charge in [0.25, 0.3) is 0 Å². The van der Waals surface area contributed by atoms with E-state index in [-0.39, 0.29) is 16.9 Å². The summed E-state index contributed by atoms with van der Waals surface area (Å²) in [6.45, 7) is 7.12. The van der Waals surface area contributed by atoms with E-state index in [9.17, 15) is 14.8 Å². The number of aryl methyl sites for hydroxylation is 1. The molecule has 2 aromatic heterocycles. The number of Topliss-reactive ketones (excluding diaryl/α,β-unsaturated/α-hetero) is 1. The van der Waals surface area contributed by atoms with Crippen molar-refractivity contribution in [1.82, 2.24) is 14.8 Å². The van der Waals surface area contributed by atoms with Gasteiger partial charge in [-0.2, -0.15) is 5.10 Å². The van der Waals surface area contributed by atoms with Crippen molar-refractivity contribution in [3.05, 3.63) is 39.6 Å². The van der Waals surface area contributed by atoms with Crippen LogP contribution in [0.3, 0.4) is 0 Å². The number of rotatable bonds is 6. The Morgan fingerprint density at radius 1 is 1.28 bits per heavy atom. The molecule has 0 unspecified atom stereocenters. The number of thioether (sulfide) groups is 1. The van der Waals surface area contributed by atoms with Crippen LogP contribution in [0, 0.1) is 6.92 Å². The maximum atomic E-state index is 12.3. The van der Waals surface area contributed by atoms with Gasteiger partial charge in [0.2, 0.25) is 5.13 Å². The number of benzene rings is 1. The van der Waals surface area contributed by atoms with Crippen molar-refractivity contribution in [3.63, 3.8) is 0 Å². The Morgan fingerprint density at radius 3 is 2.52 bits per heavy atom. The maximum absolute atomic E-state index is 12.3. The second kappa shape index (κ2) is 8.79. The number of carbonyl (C=O) groups is 1. The molecule has 2 heterocycles. The SMILES string of the molecule is CC(=O)c1c(B(O)O)c(C)nn1-c1nc(-c2ccc(Cl)c(Cl)c2)c(SC(C)C)s1. The topological polar surface area (TPSA) is 88.2 Å². The van der Waals surface area contributed by atoms with Crippen molar-refractivity contribution in [2.24, 2.45) is 0 Å². The van der Waals surface area contributed by atoms with Crippen LogP contribution in [0.1, 0.15) is 37.0 Å². The van der Waals surface area contributed by atoms with Crippen LogP contribution in [0.15, 0.2) is 22.4 Å². The van der Waals surface area contributed by atoms with Gasteiger partial charge in [0.15, 0.2) is 5.78 Å². The summed E-state index contributed by atoms with van der Waals surface area (Å²) in [4.78, 5) is 17.0. The van der Waals surface area contributed by atoms with Gasteiger partial charge in [-0.05, 0) is 19.1 Å². The van der Waals surface area contributed by atoms with Gasteiger partial charge in [0.1, 0.15) is 5.69 Å². The largest absolute Gasteiger partial charge is 0.492 e. The van der Waals surface area contributed by atoms with Gasteiger partial charge in [-0.3, -0.25) is 4.79 Å². The number of carbonyl (C=O) groups excluding carboxylic acids is 1. The van der Waals surface area contributed by atoms with Crippen molar-refractivity contribution in [2.45, 2.75) is 37.2 Å². The Balaban J connectivity index is 2.22. The molecular formula is C18H18BCl2N3O3S2. The molecule has 0 saturated heterocycles. The molecule has 0 aliphatic rings. The predicted molar refractivity (Wildman–Crippen MR) is 120 cm³/mol. The molecular weight excluding hydrogens is 452 g/mol. The van der Waals surface area contributed by atoms with Gasteiger partial charge in [-0.1, -0.05) is 54.5 Å². The minimum Gasteiger partial charge on any atom is -0.423 e. The zero-order chi connectivity index (χ0) is 21.5. The molecule has 152 valence electrons. The molecule has 0 aliphatic carbocycles. The first-order valence-corrected chi connectivity index (χ1v) is 11.1. The van der Waals surface area contributed by atoms with Crippen molar-refractivity contribution in [3.8, 4) is 16.4 Å². The normalized spacial score (nSPS) is 11.3. The van der Waals surface area contributed by atoms with E-state index in [2.05, 4.69) is 18.9 Å². The molecule has 0 fully saturated rings. The minimum absolute atomic E-state index is 0.0850. The summed E-state index contributed by atoms with van der Waals surface area (Å²) in [6.07, 6.45) is 0. The van der Waals surface area contributed by atoms with Crippen LogP contribution in [0.25, 0.3) is 16.4 Å². The van der Waals surface area contributed by atoms with Gasteiger partial charge < -0.3 is 10.0 Å². The summed E-state index contributed by atoms with van der Waals surface area (Å²) >= 11 is 15.2. The molecule has 0 amide bonds. The van der Waals surface area contributed by atoms with E-state index in [1.54, 1.807) is 30.8 Å². The molecule has 0 aliphatic heterocycles. The third-order valence-corrected chi connectivity index (χ3v) is 6.98. The van der Waals surface area contributed by atoms with E-state index in [0.29, 0.717) is 31.8 Å². The van der Waals surface area contributed by atoms with E-state index in [4.69, 9.17) is 28.2 Å². The van der Waals surface area contributed by atoms with E-state index in [1.807, 2.05) is 6.07 Å². The number of hydrogen-bond donors (Lipinski definition) is 2. The monoisotopic (exact) mass is 469 g/mol. The molecule has 0 atom stereocenters. The Bertz CT molecular complexity index is 1080. The lowest BCUT2D eigenvalue weighted by molar-refractivity contribution is 0.101. The first kappa shape index (κ1) is 22.3. The zero-order valence-corrected chi connectivity index (χ0v) is 19.2. The van der Waals surface area contributed by atoms with Crippen LogP contribution in [0.4, 0.5) is 0 Å². The summed E-state index contributed by atoms with van der Waals surface area (Å²) in [5.41, 5.74) is 2.04. The smallest absolute Gasteiger partial charge is 0.423 e. The Labute approximate surface area is 187 Å². The van der Waals surface area contributed by atoms with E-state index >= 15 is 0 Å². The fourth-order valence-electron chi connectivity index (χ4n) is 2.83. The van der Waals surface area contributed by atoms with Crippen molar-refractivity contribution >= 4 is 64.7 Å². The van der Waals surface area contributed by atoms with Gasteiger partial charge in [-0.25, -0.2) is 9.67 Å². The lowest BCUT2D eigenvalue weighted by atomic mass is 9.77. The van der Waals surface area contributed by atoms with Crippen molar-refractivity contribution in [1.29, 1.82) is 0 Å². The summed E-state index contributed by atoms with van der Waals surface area (Å²) in [5.74, 6) is -0.335. The molecule has 6 nitrogen and oxygen atoms in total. The number of thiazole rings is 1. The van der Waals surface area contributed by atoms with Gasteiger partial charge >= 0.3 is 7.12 Å². The van der Waals surface area contributed by atoms with Crippen molar-refractivity contribution in [2.75, 3.05) is 0 Å². The fourth-order valence-corrected chi connectivity index (χ4v) is 5.61. The molecule has 0 saturated carbocycles.